The van der Waals surface area contributed by atoms with Gasteiger partial charge in [0, 0.05) is 28.7 Å². The first-order valence-corrected chi connectivity index (χ1v) is 10.4. The molecule has 156 valence electrons. The maximum Gasteiger partial charge on any atom is 0.235 e. The van der Waals surface area contributed by atoms with E-state index in [2.05, 4.69) is 19.5 Å². The third-order valence-electron chi connectivity index (χ3n) is 5.29. The van der Waals surface area contributed by atoms with Crippen LogP contribution in [0.5, 0.6) is 0 Å². The van der Waals surface area contributed by atoms with Crippen molar-refractivity contribution in [2.24, 2.45) is 4.99 Å². The molecule has 31 heavy (non-hydrogen) atoms. The van der Waals surface area contributed by atoms with Crippen LogP contribution in [0.4, 0.5) is 0 Å². The van der Waals surface area contributed by atoms with Gasteiger partial charge in [-0.15, -0.1) is 0 Å². The highest BCUT2D eigenvalue weighted by Crippen LogP contribution is 2.25. The number of aromatic nitrogens is 3. The molecule has 0 amide bonds. The van der Waals surface area contributed by atoms with Crippen LogP contribution >= 0.6 is 11.6 Å². The second-order valence-electron chi connectivity index (χ2n) is 8.31. The molecule has 6 nitrogen and oxygen atoms in total. The number of halogens is 1. The van der Waals surface area contributed by atoms with Gasteiger partial charge in [-0.3, -0.25) is 4.79 Å². The topological polar surface area (TPSA) is 72.3 Å². The first-order valence-electron chi connectivity index (χ1n) is 10.0. The van der Waals surface area contributed by atoms with Crippen LogP contribution in [0.1, 0.15) is 41.3 Å². The maximum atomic E-state index is 13.3. The molecule has 1 aliphatic heterocycles. The lowest BCUT2D eigenvalue weighted by Gasteiger charge is -2.07. The van der Waals surface area contributed by atoms with E-state index >= 15 is 0 Å². The SMILES string of the molecule is CC1(C)COC(c2cnc(C(=O)c3cn(Cc4ccc(Cl)cc4)c4ccccc34)[nH]2)=N1. The minimum atomic E-state index is -0.278. The number of rotatable bonds is 5. The Hall–Kier alpha value is -3.38. The molecular weight excluding hydrogens is 412 g/mol. The molecule has 1 aliphatic rings. The molecule has 0 unspecified atom stereocenters. The van der Waals surface area contributed by atoms with Gasteiger partial charge in [0.25, 0.3) is 0 Å². The fourth-order valence-corrected chi connectivity index (χ4v) is 3.87. The molecule has 0 spiro atoms. The number of H-pyrrole nitrogens is 1. The molecule has 2 aromatic carbocycles. The minimum absolute atomic E-state index is 0.171. The highest BCUT2D eigenvalue weighted by Gasteiger charge is 2.29. The zero-order valence-corrected chi connectivity index (χ0v) is 18.0. The van der Waals surface area contributed by atoms with Gasteiger partial charge in [-0.1, -0.05) is 41.9 Å². The second kappa shape index (κ2) is 7.39. The van der Waals surface area contributed by atoms with E-state index in [-0.39, 0.29) is 17.1 Å². The third kappa shape index (κ3) is 3.75. The molecule has 1 N–H and O–H groups in total. The Kier molecular flexibility index (Phi) is 4.67. The number of benzene rings is 2. The molecule has 3 heterocycles. The average Bonchev–Trinajstić information content (AvgIpc) is 3.47. The Bertz CT molecular complexity index is 1320. The molecule has 0 bridgehead atoms. The quantitative estimate of drug-likeness (QED) is 0.458. The van der Waals surface area contributed by atoms with E-state index in [0.29, 0.717) is 35.3 Å². The molecular formula is C24H21ClN4O2. The summed E-state index contributed by atoms with van der Waals surface area (Å²) in [5, 5.41) is 1.58. The molecule has 2 aromatic heterocycles. The van der Waals surface area contributed by atoms with Gasteiger partial charge >= 0.3 is 0 Å². The third-order valence-corrected chi connectivity index (χ3v) is 5.54. The summed E-state index contributed by atoms with van der Waals surface area (Å²) in [6.45, 7) is 5.13. The number of para-hydroxylation sites is 1. The van der Waals surface area contributed by atoms with Crippen molar-refractivity contribution < 1.29 is 9.53 Å². The lowest BCUT2D eigenvalue weighted by Crippen LogP contribution is -2.17. The summed E-state index contributed by atoms with van der Waals surface area (Å²) < 4.78 is 7.73. The predicted octanol–water partition coefficient (Wildman–Crippen LogP) is 4.85. The van der Waals surface area contributed by atoms with Gasteiger partial charge in [-0.2, -0.15) is 0 Å². The number of carbonyl (C=O) groups excluding carboxylic acids is 1. The van der Waals surface area contributed by atoms with Gasteiger partial charge in [0.05, 0.1) is 17.3 Å². The molecule has 7 heteroatoms. The molecule has 0 saturated heterocycles. The number of carbonyl (C=O) groups is 1. The van der Waals surface area contributed by atoms with E-state index in [0.717, 1.165) is 16.5 Å². The minimum Gasteiger partial charge on any atom is -0.474 e. The number of ether oxygens (including phenoxy) is 1. The molecule has 4 aromatic rings. The molecule has 0 atom stereocenters. The number of imidazole rings is 1. The van der Waals surface area contributed by atoms with E-state index in [1.54, 1.807) is 6.20 Å². The summed E-state index contributed by atoms with van der Waals surface area (Å²) in [5.41, 5.74) is 3.01. The standard InChI is InChI=1S/C24H21ClN4O2/c1-24(2)14-31-23(28-24)19-11-26-22(27-19)21(30)18-13-29(20-6-4-3-5-17(18)20)12-15-7-9-16(25)10-8-15/h3-11,13H,12,14H2,1-2H3,(H,26,27). The molecule has 0 radical (unpaired) electrons. The summed E-state index contributed by atoms with van der Waals surface area (Å²) in [7, 11) is 0. The summed E-state index contributed by atoms with van der Waals surface area (Å²) in [5.74, 6) is 0.581. The van der Waals surface area contributed by atoms with Crippen molar-refractivity contribution in [1.82, 2.24) is 14.5 Å². The fourth-order valence-electron chi connectivity index (χ4n) is 3.74. The van der Waals surface area contributed by atoms with Gasteiger partial charge in [0.15, 0.2) is 5.82 Å². The Morgan fingerprint density at radius 1 is 1.19 bits per heavy atom. The number of hydrogen-bond donors (Lipinski definition) is 1. The van der Waals surface area contributed by atoms with Crippen molar-refractivity contribution in [2.45, 2.75) is 25.9 Å². The Labute approximate surface area is 184 Å². The van der Waals surface area contributed by atoms with Crippen LogP contribution < -0.4 is 0 Å². The van der Waals surface area contributed by atoms with Crippen LogP contribution in [0, 0.1) is 0 Å². The highest BCUT2D eigenvalue weighted by atomic mass is 35.5. The lowest BCUT2D eigenvalue weighted by atomic mass is 10.1. The molecule has 0 saturated carbocycles. The number of nitrogens with zero attached hydrogens (tertiary/aromatic N) is 3. The number of hydrogen-bond acceptors (Lipinski definition) is 4. The van der Waals surface area contributed by atoms with Crippen LogP contribution in [0.3, 0.4) is 0 Å². The van der Waals surface area contributed by atoms with Gasteiger partial charge in [0.2, 0.25) is 11.7 Å². The number of aliphatic imine (C=N–C) groups is 1. The molecule has 0 fully saturated rings. The zero-order valence-electron chi connectivity index (χ0n) is 17.2. The Morgan fingerprint density at radius 3 is 2.71 bits per heavy atom. The number of ketones is 1. The van der Waals surface area contributed by atoms with Crippen LogP contribution in [-0.4, -0.2) is 38.4 Å². The second-order valence-corrected chi connectivity index (χ2v) is 8.74. The van der Waals surface area contributed by atoms with Gasteiger partial charge in [-0.05, 0) is 37.6 Å². The largest absolute Gasteiger partial charge is 0.474 e. The van der Waals surface area contributed by atoms with Crippen molar-refractivity contribution in [3.8, 4) is 0 Å². The van der Waals surface area contributed by atoms with Crippen molar-refractivity contribution in [3.05, 3.63) is 88.6 Å². The smallest absolute Gasteiger partial charge is 0.235 e. The first kappa shape index (κ1) is 19.6. The van der Waals surface area contributed by atoms with E-state index in [1.165, 1.54) is 0 Å². The first-order chi connectivity index (χ1) is 14.9. The van der Waals surface area contributed by atoms with E-state index in [9.17, 15) is 4.79 Å². The van der Waals surface area contributed by atoms with Crippen LogP contribution in [0.25, 0.3) is 10.9 Å². The van der Waals surface area contributed by atoms with Crippen LogP contribution in [0.2, 0.25) is 5.02 Å². The normalized spacial score (nSPS) is 15.1. The summed E-state index contributed by atoms with van der Waals surface area (Å²) in [4.78, 5) is 25.2. The maximum absolute atomic E-state index is 13.3. The predicted molar refractivity (Wildman–Crippen MR) is 121 cm³/mol. The van der Waals surface area contributed by atoms with Gasteiger partial charge in [0.1, 0.15) is 12.3 Å². The summed E-state index contributed by atoms with van der Waals surface area (Å²) in [6.07, 6.45) is 3.48. The summed E-state index contributed by atoms with van der Waals surface area (Å²) in [6, 6.07) is 15.6. The van der Waals surface area contributed by atoms with Crippen molar-refractivity contribution in [1.29, 1.82) is 0 Å². The zero-order chi connectivity index (χ0) is 21.6. The molecule has 5 rings (SSSR count). The van der Waals surface area contributed by atoms with E-state index in [1.807, 2.05) is 68.6 Å². The number of aromatic amines is 1. The van der Waals surface area contributed by atoms with Crippen LogP contribution in [0.15, 0.2) is 65.9 Å². The lowest BCUT2D eigenvalue weighted by molar-refractivity contribution is 0.103. The number of nitrogens with one attached hydrogen (secondary N) is 1. The monoisotopic (exact) mass is 432 g/mol. The van der Waals surface area contributed by atoms with Crippen LogP contribution in [-0.2, 0) is 11.3 Å². The van der Waals surface area contributed by atoms with Crippen molar-refractivity contribution in [3.63, 3.8) is 0 Å². The Morgan fingerprint density at radius 2 is 1.97 bits per heavy atom. The van der Waals surface area contributed by atoms with Crippen molar-refractivity contribution in [2.75, 3.05) is 6.61 Å². The summed E-state index contributed by atoms with van der Waals surface area (Å²) >= 11 is 6.01. The highest BCUT2D eigenvalue weighted by molar-refractivity contribution is 6.30. The van der Waals surface area contributed by atoms with E-state index in [4.69, 9.17) is 16.3 Å². The van der Waals surface area contributed by atoms with Gasteiger partial charge in [-0.25, -0.2) is 9.98 Å². The van der Waals surface area contributed by atoms with E-state index < -0.39 is 0 Å². The Balaban J connectivity index is 1.49. The average molecular weight is 433 g/mol. The van der Waals surface area contributed by atoms with Crippen molar-refractivity contribution >= 4 is 34.2 Å². The van der Waals surface area contributed by atoms with Gasteiger partial charge < -0.3 is 14.3 Å². The fraction of sp³-hybridized carbons (Fsp3) is 0.208. The molecule has 0 aliphatic carbocycles. The number of fused-ring (bicyclic) bond motifs is 1.